The number of likely N-dealkylation sites (tertiary alicyclic amines) is 1. The third-order valence-electron chi connectivity index (χ3n) is 5.63. The van der Waals surface area contributed by atoms with Gasteiger partial charge in [0.1, 0.15) is 18.3 Å². The Morgan fingerprint density at radius 2 is 1.88 bits per heavy atom. The normalized spacial score (nSPS) is 26.1. The molecule has 0 saturated carbocycles. The lowest BCUT2D eigenvalue weighted by molar-refractivity contribution is -0.138. The van der Waals surface area contributed by atoms with Crippen molar-refractivity contribution in [2.45, 2.75) is 24.4 Å². The first-order valence-electron chi connectivity index (χ1n) is 9.18. The summed E-state index contributed by atoms with van der Waals surface area (Å²) < 4.78 is 11.0. The van der Waals surface area contributed by atoms with Crippen molar-refractivity contribution in [1.82, 2.24) is 9.80 Å². The number of nitrogens with zero attached hydrogens (tertiary/aromatic N) is 2. The molecule has 1 unspecified atom stereocenters. The molecule has 6 nitrogen and oxygen atoms in total. The third-order valence-corrected chi connectivity index (χ3v) is 5.63. The van der Waals surface area contributed by atoms with Crippen LogP contribution in [0.4, 0.5) is 0 Å². The van der Waals surface area contributed by atoms with E-state index >= 15 is 0 Å². The average molecular weight is 346 g/mol. The number of carbonyl (C=O) groups is 1. The Morgan fingerprint density at radius 1 is 1.16 bits per heavy atom. The fourth-order valence-electron chi connectivity index (χ4n) is 4.06. The summed E-state index contributed by atoms with van der Waals surface area (Å²) in [6, 6.07) is 7.77. The Morgan fingerprint density at radius 3 is 2.64 bits per heavy atom. The highest BCUT2D eigenvalue weighted by atomic mass is 16.5. The summed E-state index contributed by atoms with van der Waals surface area (Å²) >= 11 is 0. The summed E-state index contributed by atoms with van der Waals surface area (Å²) in [5, 5.41) is 10.9. The van der Waals surface area contributed by atoms with Crippen molar-refractivity contribution in [1.29, 1.82) is 0 Å². The minimum atomic E-state index is -0.696. The van der Waals surface area contributed by atoms with Gasteiger partial charge in [-0.15, -0.1) is 0 Å². The van der Waals surface area contributed by atoms with E-state index in [4.69, 9.17) is 9.47 Å². The van der Waals surface area contributed by atoms with Gasteiger partial charge < -0.3 is 19.5 Å². The number of amides is 1. The van der Waals surface area contributed by atoms with Crippen molar-refractivity contribution in [2.75, 3.05) is 52.5 Å². The predicted molar refractivity (Wildman–Crippen MR) is 92.7 cm³/mol. The molecule has 2 saturated heterocycles. The molecule has 1 aromatic carbocycles. The van der Waals surface area contributed by atoms with Crippen LogP contribution < -0.4 is 4.74 Å². The van der Waals surface area contributed by atoms with E-state index in [9.17, 15) is 9.90 Å². The number of morpholine rings is 1. The second kappa shape index (κ2) is 6.94. The molecule has 0 aliphatic carbocycles. The molecule has 136 valence electrons. The molecule has 3 heterocycles. The highest BCUT2D eigenvalue weighted by Crippen LogP contribution is 2.35. The maximum absolute atomic E-state index is 12.9. The van der Waals surface area contributed by atoms with Crippen LogP contribution in [0.2, 0.25) is 0 Å². The van der Waals surface area contributed by atoms with Crippen LogP contribution in [-0.4, -0.2) is 79.0 Å². The van der Waals surface area contributed by atoms with E-state index in [2.05, 4.69) is 4.90 Å². The number of hydrogen-bond acceptors (Lipinski definition) is 5. The number of ether oxygens (including phenoxy) is 2. The van der Waals surface area contributed by atoms with E-state index < -0.39 is 5.60 Å². The molecule has 25 heavy (non-hydrogen) atoms. The Labute approximate surface area is 148 Å². The van der Waals surface area contributed by atoms with Crippen LogP contribution in [0.5, 0.6) is 5.75 Å². The quantitative estimate of drug-likeness (QED) is 0.879. The number of carbonyl (C=O) groups excluding carboxylic acids is 1. The highest BCUT2D eigenvalue weighted by Gasteiger charge is 2.39. The minimum Gasteiger partial charge on any atom is -0.492 e. The number of aliphatic hydroxyl groups is 1. The van der Waals surface area contributed by atoms with Crippen molar-refractivity contribution in [3.63, 3.8) is 0 Å². The number of rotatable bonds is 3. The van der Waals surface area contributed by atoms with Crippen molar-refractivity contribution in [3.05, 3.63) is 29.8 Å². The zero-order valence-electron chi connectivity index (χ0n) is 14.5. The zero-order chi connectivity index (χ0) is 17.3. The Hall–Kier alpha value is -1.63. The van der Waals surface area contributed by atoms with Gasteiger partial charge in [-0.1, -0.05) is 18.2 Å². The van der Waals surface area contributed by atoms with Gasteiger partial charge in [-0.25, -0.2) is 0 Å². The number of hydrogen-bond donors (Lipinski definition) is 1. The van der Waals surface area contributed by atoms with Crippen molar-refractivity contribution >= 4 is 5.91 Å². The molecule has 2 fully saturated rings. The van der Waals surface area contributed by atoms with Gasteiger partial charge in [0.25, 0.3) is 0 Å². The topological polar surface area (TPSA) is 62.2 Å². The van der Waals surface area contributed by atoms with Crippen LogP contribution in [0.15, 0.2) is 24.3 Å². The Bertz CT molecular complexity index is 622. The number of benzene rings is 1. The molecule has 3 aliphatic heterocycles. The first kappa shape index (κ1) is 16.8. The average Bonchev–Trinajstić information content (AvgIpc) is 3.06. The van der Waals surface area contributed by atoms with Crippen molar-refractivity contribution in [2.24, 2.45) is 0 Å². The molecule has 1 amide bonds. The summed E-state index contributed by atoms with van der Waals surface area (Å²) in [6.45, 7) is 5.54. The maximum Gasteiger partial charge on any atom is 0.233 e. The molecule has 0 radical (unpaired) electrons. The number of fused-ring (bicyclic) bond motifs is 1. The molecular weight excluding hydrogens is 320 g/mol. The van der Waals surface area contributed by atoms with Gasteiger partial charge in [0.15, 0.2) is 0 Å². The Balaban J connectivity index is 1.35. The molecule has 1 atom stereocenters. The number of para-hydroxylation sites is 1. The zero-order valence-corrected chi connectivity index (χ0v) is 14.5. The molecule has 0 aromatic heterocycles. The van der Waals surface area contributed by atoms with Crippen molar-refractivity contribution < 1.29 is 19.4 Å². The van der Waals surface area contributed by atoms with Gasteiger partial charge in [-0.2, -0.15) is 0 Å². The third kappa shape index (κ3) is 3.52. The molecule has 3 aliphatic rings. The van der Waals surface area contributed by atoms with E-state index in [1.165, 1.54) is 0 Å². The SMILES string of the molecule is O=C(C1COc2ccccc21)N1CCC(O)(CN2CCOCC2)CC1. The summed E-state index contributed by atoms with van der Waals surface area (Å²) in [5.74, 6) is 0.738. The van der Waals surface area contributed by atoms with Crippen LogP contribution in [-0.2, 0) is 9.53 Å². The molecule has 4 rings (SSSR count). The van der Waals surface area contributed by atoms with Crippen LogP contribution in [0.1, 0.15) is 24.3 Å². The summed E-state index contributed by atoms with van der Waals surface area (Å²) in [7, 11) is 0. The molecule has 0 spiro atoms. The standard InChI is InChI=1S/C19H26N2O4/c22-18(16-13-25-17-4-2-1-3-15(16)17)21-7-5-19(23,6-8-21)14-20-9-11-24-12-10-20/h1-4,16,23H,5-14H2. The lowest BCUT2D eigenvalue weighted by Crippen LogP contribution is -2.54. The second-order valence-corrected chi connectivity index (χ2v) is 7.34. The fourth-order valence-corrected chi connectivity index (χ4v) is 4.06. The van der Waals surface area contributed by atoms with Gasteiger partial charge in [-0.3, -0.25) is 9.69 Å². The fraction of sp³-hybridized carbons (Fsp3) is 0.632. The molecule has 6 heteroatoms. The highest BCUT2D eigenvalue weighted by molar-refractivity contribution is 5.85. The monoisotopic (exact) mass is 346 g/mol. The summed E-state index contributed by atoms with van der Waals surface area (Å²) in [4.78, 5) is 17.1. The molecular formula is C19H26N2O4. The van der Waals surface area contributed by atoms with Crippen LogP contribution >= 0.6 is 0 Å². The van der Waals surface area contributed by atoms with Crippen LogP contribution in [0.3, 0.4) is 0 Å². The lowest BCUT2D eigenvalue weighted by atomic mass is 9.89. The van der Waals surface area contributed by atoms with E-state index in [1.807, 2.05) is 29.2 Å². The molecule has 1 aromatic rings. The molecule has 1 N–H and O–H groups in total. The maximum atomic E-state index is 12.9. The Kier molecular flexibility index (Phi) is 4.67. The molecule has 0 bridgehead atoms. The van der Waals surface area contributed by atoms with Crippen LogP contribution in [0.25, 0.3) is 0 Å². The van der Waals surface area contributed by atoms with Gasteiger partial charge in [-0.05, 0) is 18.9 Å². The van der Waals surface area contributed by atoms with Gasteiger partial charge in [0, 0.05) is 38.3 Å². The van der Waals surface area contributed by atoms with E-state index in [0.29, 0.717) is 39.1 Å². The largest absolute Gasteiger partial charge is 0.492 e. The smallest absolute Gasteiger partial charge is 0.233 e. The van der Waals surface area contributed by atoms with E-state index in [0.717, 1.165) is 37.6 Å². The second-order valence-electron chi connectivity index (χ2n) is 7.34. The van der Waals surface area contributed by atoms with E-state index in [1.54, 1.807) is 0 Å². The summed E-state index contributed by atoms with van der Waals surface area (Å²) in [6.07, 6.45) is 1.26. The van der Waals surface area contributed by atoms with E-state index in [-0.39, 0.29) is 11.8 Å². The van der Waals surface area contributed by atoms with Gasteiger partial charge in [0.2, 0.25) is 5.91 Å². The first-order valence-corrected chi connectivity index (χ1v) is 9.18. The van der Waals surface area contributed by atoms with Gasteiger partial charge >= 0.3 is 0 Å². The number of piperidine rings is 1. The number of β-amino-alcohol motifs (C(OH)–C–C–N with tert-alkyl or cyclic N) is 1. The van der Waals surface area contributed by atoms with Crippen LogP contribution in [0, 0.1) is 0 Å². The first-order chi connectivity index (χ1) is 12.1. The summed E-state index contributed by atoms with van der Waals surface area (Å²) in [5.41, 5.74) is 0.291. The lowest BCUT2D eigenvalue weighted by Gasteiger charge is -2.42. The predicted octanol–water partition coefficient (Wildman–Crippen LogP) is 0.848. The van der Waals surface area contributed by atoms with Crippen molar-refractivity contribution in [3.8, 4) is 5.75 Å². The van der Waals surface area contributed by atoms with Gasteiger partial charge in [0.05, 0.1) is 18.8 Å². The minimum absolute atomic E-state index is 0.123.